The maximum Gasteiger partial charge on any atom is 0.141 e. The number of methoxy groups -OCH3 is 1. The molecule has 0 saturated heterocycles. The Bertz CT molecular complexity index is 390. The van der Waals surface area contributed by atoms with Gasteiger partial charge in [-0.2, -0.15) is 0 Å². The molecule has 1 aromatic carbocycles. The van der Waals surface area contributed by atoms with Gasteiger partial charge in [0, 0.05) is 12.6 Å². The SMILES string of the molecule is CCC(C)C(C)Nc1cc(CN(C)C)ccc1OC. The average Bonchev–Trinajstić information content (AvgIpc) is 2.37. The van der Waals surface area contributed by atoms with Crippen molar-refractivity contribution in [1.82, 2.24) is 4.90 Å². The van der Waals surface area contributed by atoms with Crippen molar-refractivity contribution >= 4 is 5.69 Å². The van der Waals surface area contributed by atoms with E-state index in [1.54, 1.807) is 7.11 Å². The Labute approximate surface area is 118 Å². The van der Waals surface area contributed by atoms with E-state index in [2.05, 4.69) is 57.2 Å². The van der Waals surface area contributed by atoms with Crippen LogP contribution in [0.2, 0.25) is 0 Å². The molecule has 0 aliphatic rings. The van der Waals surface area contributed by atoms with Gasteiger partial charge in [0.1, 0.15) is 5.75 Å². The number of hydrogen-bond donors (Lipinski definition) is 1. The van der Waals surface area contributed by atoms with E-state index in [4.69, 9.17) is 4.74 Å². The molecule has 0 saturated carbocycles. The molecule has 2 unspecified atom stereocenters. The van der Waals surface area contributed by atoms with Gasteiger partial charge >= 0.3 is 0 Å². The van der Waals surface area contributed by atoms with Crippen LogP contribution < -0.4 is 10.1 Å². The quantitative estimate of drug-likeness (QED) is 0.814. The van der Waals surface area contributed by atoms with Crippen LogP contribution in [0.4, 0.5) is 5.69 Å². The van der Waals surface area contributed by atoms with Crippen molar-refractivity contribution in [2.45, 2.75) is 39.8 Å². The maximum absolute atomic E-state index is 5.44. The zero-order chi connectivity index (χ0) is 14.4. The maximum atomic E-state index is 5.44. The molecule has 2 atom stereocenters. The molecule has 0 radical (unpaired) electrons. The highest BCUT2D eigenvalue weighted by Gasteiger charge is 2.13. The van der Waals surface area contributed by atoms with Crippen molar-refractivity contribution in [3.8, 4) is 5.75 Å². The third-order valence-electron chi connectivity index (χ3n) is 3.64. The lowest BCUT2D eigenvalue weighted by molar-refractivity contribution is 0.399. The van der Waals surface area contributed by atoms with Gasteiger partial charge in [-0.25, -0.2) is 0 Å². The normalized spacial score (nSPS) is 14.3. The van der Waals surface area contributed by atoms with Crippen molar-refractivity contribution in [3.05, 3.63) is 23.8 Å². The standard InChI is InChI=1S/C16H28N2O/c1-7-12(2)13(3)17-15-10-14(11-18(4)5)8-9-16(15)19-6/h8-10,12-13,17H,7,11H2,1-6H3. The van der Waals surface area contributed by atoms with E-state index in [-0.39, 0.29) is 0 Å². The molecular weight excluding hydrogens is 236 g/mol. The molecule has 1 N–H and O–H groups in total. The lowest BCUT2D eigenvalue weighted by Crippen LogP contribution is -2.23. The fourth-order valence-electron chi connectivity index (χ4n) is 2.07. The van der Waals surface area contributed by atoms with Crippen LogP contribution in [0.25, 0.3) is 0 Å². The van der Waals surface area contributed by atoms with Gasteiger partial charge in [0.15, 0.2) is 0 Å². The van der Waals surface area contributed by atoms with Gasteiger partial charge in [-0.1, -0.05) is 26.3 Å². The second-order valence-corrected chi connectivity index (χ2v) is 5.59. The smallest absolute Gasteiger partial charge is 0.141 e. The Morgan fingerprint density at radius 1 is 1.26 bits per heavy atom. The number of nitrogens with one attached hydrogen (secondary N) is 1. The van der Waals surface area contributed by atoms with E-state index in [9.17, 15) is 0 Å². The summed E-state index contributed by atoms with van der Waals surface area (Å²) in [6, 6.07) is 6.80. The number of rotatable bonds is 7. The lowest BCUT2D eigenvalue weighted by Gasteiger charge is -2.23. The molecule has 3 heteroatoms. The lowest BCUT2D eigenvalue weighted by atomic mass is 10.0. The summed E-state index contributed by atoms with van der Waals surface area (Å²) >= 11 is 0. The van der Waals surface area contributed by atoms with Gasteiger partial charge in [0.05, 0.1) is 12.8 Å². The van der Waals surface area contributed by atoms with Gasteiger partial charge in [-0.15, -0.1) is 0 Å². The molecule has 0 spiro atoms. The van der Waals surface area contributed by atoms with Crippen LogP contribution in [0, 0.1) is 5.92 Å². The van der Waals surface area contributed by atoms with Gasteiger partial charge in [-0.05, 0) is 44.6 Å². The fraction of sp³-hybridized carbons (Fsp3) is 0.625. The predicted molar refractivity (Wildman–Crippen MR) is 82.9 cm³/mol. The molecule has 1 aromatic rings. The summed E-state index contributed by atoms with van der Waals surface area (Å²) in [6.07, 6.45) is 1.17. The molecule has 0 heterocycles. The molecule has 0 aliphatic carbocycles. The number of hydrogen-bond acceptors (Lipinski definition) is 3. The van der Waals surface area contributed by atoms with Gasteiger partial charge in [0.25, 0.3) is 0 Å². The van der Waals surface area contributed by atoms with E-state index in [1.165, 1.54) is 12.0 Å². The summed E-state index contributed by atoms with van der Waals surface area (Å²) in [7, 11) is 5.89. The fourth-order valence-corrected chi connectivity index (χ4v) is 2.07. The van der Waals surface area contributed by atoms with Crippen LogP contribution in [0.15, 0.2) is 18.2 Å². The first-order chi connectivity index (χ1) is 8.97. The Balaban J connectivity index is 2.89. The summed E-state index contributed by atoms with van der Waals surface area (Å²) in [5.74, 6) is 1.56. The number of anilines is 1. The minimum Gasteiger partial charge on any atom is -0.495 e. The summed E-state index contributed by atoms with van der Waals surface area (Å²) in [5.41, 5.74) is 2.39. The van der Waals surface area contributed by atoms with Crippen LogP contribution >= 0.6 is 0 Å². The summed E-state index contributed by atoms with van der Waals surface area (Å²) in [6.45, 7) is 7.67. The van der Waals surface area contributed by atoms with Gasteiger partial charge < -0.3 is 15.0 Å². The second-order valence-electron chi connectivity index (χ2n) is 5.59. The predicted octanol–water partition coefficient (Wildman–Crippen LogP) is 3.60. The topological polar surface area (TPSA) is 24.5 Å². The summed E-state index contributed by atoms with van der Waals surface area (Å²) in [5, 5.41) is 3.58. The van der Waals surface area contributed by atoms with Crippen LogP contribution in [0.5, 0.6) is 5.75 Å². The van der Waals surface area contributed by atoms with Gasteiger partial charge in [-0.3, -0.25) is 0 Å². The first-order valence-corrected chi connectivity index (χ1v) is 7.06. The largest absolute Gasteiger partial charge is 0.495 e. The molecule has 108 valence electrons. The van der Waals surface area contributed by atoms with Gasteiger partial charge in [0.2, 0.25) is 0 Å². The third-order valence-corrected chi connectivity index (χ3v) is 3.64. The molecule has 0 aliphatic heterocycles. The Morgan fingerprint density at radius 2 is 1.95 bits per heavy atom. The second kappa shape index (κ2) is 7.39. The number of nitrogens with zero attached hydrogens (tertiary/aromatic N) is 1. The zero-order valence-electron chi connectivity index (χ0n) is 13.2. The molecule has 0 fully saturated rings. The third kappa shape index (κ3) is 4.75. The van der Waals surface area contributed by atoms with Crippen molar-refractivity contribution < 1.29 is 4.74 Å². The average molecular weight is 264 g/mol. The molecule has 0 amide bonds. The van der Waals surface area contributed by atoms with Crippen molar-refractivity contribution in [3.63, 3.8) is 0 Å². The molecule has 19 heavy (non-hydrogen) atoms. The van der Waals surface area contributed by atoms with Crippen LogP contribution in [0.3, 0.4) is 0 Å². The summed E-state index contributed by atoms with van der Waals surface area (Å²) in [4.78, 5) is 2.17. The Kier molecular flexibility index (Phi) is 6.16. The Morgan fingerprint density at radius 3 is 2.47 bits per heavy atom. The highest BCUT2D eigenvalue weighted by molar-refractivity contribution is 5.58. The van der Waals surface area contributed by atoms with E-state index >= 15 is 0 Å². The van der Waals surface area contributed by atoms with Crippen LogP contribution in [-0.4, -0.2) is 32.1 Å². The van der Waals surface area contributed by atoms with Crippen molar-refractivity contribution in [1.29, 1.82) is 0 Å². The zero-order valence-corrected chi connectivity index (χ0v) is 13.2. The molecule has 0 aromatic heterocycles. The number of ether oxygens (including phenoxy) is 1. The highest BCUT2D eigenvalue weighted by atomic mass is 16.5. The van der Waals surface area contributed by atoms with E-state index in [0.29, 0.717) is 12.0 Å². The minimum absolute atomic E-state index is 0.438. The van der Waals surface area contributed by atoms with E-state index < -0.39 is 0 Å². The minimum atomic E-state index is 0.438. The first kappa shape index (κ1) is 15.8. The number of benzene rings is 1. The van der Waals surface area contributed by atoms with E-state index in [1.807, 2.05) is 6.07 Å². The summed E-state index contributed by atoms with van der Waals surface area (Å²) < 4.78 is 5.44. The van der Waals surface area contributed by atoms with E-state index in [0.717, 1.165) is 18.0 Å². The monoisotopic (exact) mass is 264 g/mol. The Hall–Kier alpha value is -1.22. The molecule has 1 rings (SSSR count). The van der Waals surface area contributed by atoms with Crippen LogP contribution in [0.1, 0.15) is 32.8 Å². The van der Waals surface area contributed by atoms with Crippen molar-refractivity contribution in [2.24, 2.45) is 5.92 Å². The van der Waals surface area contributed by atoms with Crippen molar-refractivity contribution in [2.75, 3.05) is 26.5 Å². The molecular formula is C16H28N2O. The molecule has 0 bridgehead atoms. The molecule has 3 nitrogen and oxygen atoms in total. The highest BCUT2D eigenvalue weighted by Crippen LogP contribution is 2.28. The van der Waals surface area contributed by atoms with Crippen LogP contribution in [-0.2, 0) is 6.54 Å². The first-order valence-electron chi connectivity index (χ1n) is 7.06.